The van der Waals surface area contributed by atoms with Gasteiger partial charge in [-0.1, -0.05) is 0 Å². The average molecular weight is 235 g/mol. The Bertz CT molecular complexity index is 470. The quantitative estimate of drug-likeness (QED) is 0.687. The minimum Gasteiger partial charge on any atom is -0.491 e. The monoisotopic (exact) mass is 235 g/mol. The van der Waals surface area contributed by atoms with Crippen LogP contribution in [0.15, 0.2) is 18.2 Å². The van der Waals surface area contributed by atoms with Crippen LogP contribution in [0.5, 0.6) is 5.75 Å². The zero-order chi connectivity index (χ0) is 12.4. The lowest BCUT2D eigenvalue weighted by Crippen LogP contribution is -2.25. The van der Waals surface area contributed by atoms with E-state index in [2.05, 4.69) is 4.74 Å². The smallest absolute Gasteiger partial charge is 0.337 e. The highest BCUT2D eigenvalue weighted by Crippen LogP contribution is 2.31. The molecule has 0 fully saturated rings. The van der Waals surface area contributed by atoms with Gasteiger partial charge in [-0.3, -0.25) is 4.79 Å². The Morgan fingerprint density at radius 2 is 2.24 bits per heavy atom. The van der Waals surface area contributed by atoms with Crippen molar-refractivity contribution >= 4 is 17.6 Å². The van der Waals surface area contributed by atoms with Gasteiger partial charge in [-0.2, -0.15) is 0 Å². The molecule has 0 aromatic heterocycles. The summed E-state index contributed by atoms with van der Waals surface area (Å²) in [5.41, 5.74) is 0.992. The van der Waals surface area contributed by atoms with Crippen molar-refractivity contribution in [3.8, 4) is 5.75 Å². The molecule has 0 unspecified atom stereocenters. The van der Waals surface area contributed by atoms with Crippen molar-refractivity contribution in [1.82, 2.24) is 0 Å². The van der Waals surface area contributed by atoms with Gasteiger partial charge in [-0.25, -0.2) is 4.79 Å². The Morgan fingerprint density at radius 1 is 1.47 bits per heavy atom. The van der Waals surface area contributed by atoms with Crippen molar-refractivity contribution in [3.63, 3.8) is 0 Å². The minimum atomic E-state index is -0.433. The largest absolute Gasteiger partial charge is 0.491 e. The first kappa shape index (κ1) is 11.4. The summed E-state index contributed by atoms with van der Waals surface area (Å²) in [5.74, 6) is 0.134. The van der Waals surface area contributed by atoms with Gasteiger partial charge in [0, 0.05) is 7.05 Å². The van der Waals surface area contributed by atoms with E-state index >= 15 is 0 Å². The summed E-state index contributed by atoms with van der Waals surface area (Å²) in [4.78, 5) is 24.6. The number of ether oxygens (including phenoxy) is 2. The maximum absolute atomic E-state index is 11.7. The molecule has 1 heterocycles. The molecule has 5 heteroatoms. The zero-order valence-corrected chi connectivity index (χ0v) is 9.73. The van der Waals surface area contributed by atoms with E-state index in [0.29, 0.717) is 30.0 Å². The van der Waals surface area contributed by atoms with Crippen LogP contribution in [0.25, 0.3) is 0 Å². The lowest BCUT2D eigenvalue weighted by molar-refractivity contribution is -0.118. The highest BCUT2D eigenvalue weighted by molar-refractivity contribution is 5.98. The molecule has 0 N–H and O–H groups in total. The molecule has 1 aliphatic rings. The molecular weight excluding hydrogens is 222 g/mol. The molecule has 1 aromatic carbocycles. The third kappa shape index (κ3) is 2.08. The van der Waals surface area contributed by atoms with E-state index in [1.54, 1.807) is 25.2 Å². The van der Waals surface area contributed by atoms with Crippen LogP contribution in [-0.2, 0) is 9.53 Å². The van der Waals surface area contributed by atoms with Crippen molar-refractivity contribution in [3.05, 3.63) is 23.8 Å². The van der Waals surface area contributed by atoms with E-state index in [1.165, 1.54) is 12.0 Å². The maximum atomic E-state index is 11.7. The second kappa shape index (κ2) is 4.45. The van der Waals surface area contributed by atoms with Gasteiger partial charge in [0.25, 0.3) is 0 Å². The molecule has 2 rings (SSSR count). The molecule has 0 radical (unpaired) electrons. The van der Waals surface area contributed by atoms with E-state index in [1.807, 2.05) is 0 Å². The second-order valence-corrected chi connectivity index (χ2v) is 3.73. The molecule has 0 spiro atoms. The van der Waals surface area contributed by atoms with E-state index in [0.717, 1.165) is 0 Å². The number of hydrogen-bond donors (Lipinski definition) is 0. The Morgan fingerprint density at radius 3 is 2.94 bits per heavy atom. The van der Waals surface area contributed by atoms with Crippen molar-refractivity contribution < 1.29 is 19.1 Å². The third-order valence-electron chi connectivity index (χ3n) is 2.69. The number of nitrogens with zero attached hydrogens (tertiary/aromatic N) is 1. The van der Waals surface area contributed by atoms with Crippen LogP contribution < -0.4 is 9.64 Å². The highest BCUT2D eigenvalue weighted by Gasteiger charge is 2.21. The summed E-state index contributed by atoms with van der Waals surface area (Å²) in [6.07, 6.45) is 0.332. The maximum Gasteiger partial charge on any atom is 0.337 e. The summed E-state index contributed by atoms with van der Waals surface area (Å²) in [6.45, 7) is 0.355. The molecule has 0 atom stereocenters. The summed E-state index contributed by atoms with van der Waals surface area (Å²) in [5, 5.41) is 0. The molecule has 1 aliphatic heterocycles. The van der Waals surface area contributed by atoms with Gasteiger partial charge in [0.15, 0.2) is 0 Å². The molecule has 1 aromatic rings. The van der Waals surface area contributed by atoms with Crippen molar-refractivity contribution in [2.24, 2.45) is 0 Å². The number of esters is 1. The molecule has 5 nitrogen and oxygen atoms in total. The van der Waals surface area contributed by atoms with Crippen molar-refractivity contribution in [2.75, 3.05) is 25.7 Å². The van der Waals surface area contributed by atoms with Gasteiger partial charge in [-0.15, -0.1) is 0 Å². The number of amides is 1. The first-order valence-corrected chi connectivity index (χ1v) is 5.25. The van der Waals surface area contributed by atoms with Gasteiger partial charge in [0.1, 0.15) is 5.75 Å². The van der Waals surface area contributed by atoms with E-state index < -0.39 is 5.97 Å². The minimum absolute atomic E-state index is 0.0363. The molecule has 17 heavy (non-hydrogen) atoms. The van der Waals surface area contributed by atoms with E-state index in [9.17, 15) is 9.59 Å². The molecular formula is C12H13NO4. The third-order valence-corrected chi connectivity index (χ3v) is 2.69. The number of fused-ring (bicyclic) bond motifs is 1. The Hall–Kier alpha value is -2.04. The van der Waals surface area contributed by atoms with Gasteiger partial charge < -0.3 is 14.4 Å². The number of carbonyl (C=O) groups excluding carboxylic acids is 2. The first-order chi connectivity index (χ1) is 8.13. The normalized spacial score (nSPS) is 14.7. The molecule has 90 valence electrons. The Balaban J connectivity index is 2.45. The van der Waals surface area contributed by atoms with Crippen LogP contribution in [0.4, 0.5) is 5.69 Å². The van der Waals surface area contributed by atoms with Gasteiger partial charge in [0.2, 0.25) is 5.91 Å². The fourth-order valence-electron chi connectivity index (χ4n) is 1.70. The van der Waals surface area contributed by atoms with Crippen LogP contribution in [0.3, 0.4) is 0 Å². The van der Waals surface area contributed by atoms with Crippen molar-refractivity contribution in [2.45, 2.75) is 6.42 Å². The topological polar surface area (TPSA) is 55.8 Å². The van der Waals surface area contributed by atoms with E-state index in [-0.39, 0.29) is 5.91 Å². The molecule has 1 amide bonds. The van der Waals surface area contributed by atoms with Crippen molar-refractivity contribution in [1.29, 1.82) is 0 Å². The van der Waals surface area contributed by atoms with Crippen LogP contribution >= 0.6 is 0 Å². The van der Waals surface area contributed by atoms with Crippen LogP contribution in [0.2, 0.25) is 0 Å². The van der Waals surface area contributed by atoms with Gasteiger partial charge in [-0.05, 0) is 18.2 Å². The Kier molecular flexibility index (Phi) is 2.99. The second-order valence-electron chi connectivity index (χ2n) is 3.73. The lowest BCUT2D eigenvalue weighted by Gasteiger charge is -2.16. The summed E-state index contributed by atoms with van der Waals surface area (Å²) >= 11 is 0. The van der Waals surface area contributed by atoms with Crippen LogP contribution in [0.1, 0.15) is 16.8 Å². The average Bonchev–Trinajstić information content (AvgIpc) is 2.49. The number of anilines is 1. The fourth-order valence-corrected chi connectivity index (χ4v) is 1.70. The standard InChI is InChI=1S/C12H13NO4/c1-13-9-7-8(12(15)16-2)3-4-10(9)17-6-5-11(13)14/h3-4,7H,5-6H2,1-2H3. The molecule has 0 saturated heterocycles. The number of hydrogen-bond acceptors (Lipinski definition) is 4. The lowest BCUT2D eigenvalue weighted by atomic mass is 10.1. The first-order valence-electron chi connectivity index (χ1n) is 5.25. The predicted octanol–water partition coefficient (Wildman–Crippen LogP) is 1.22. The zero-order valence-electron chi connectivity index (χ0n) is 9.73. The SMILES string of the molecule is COC(=O)c1ccc2c(c1)N(C)C(=O)CCO2. The van der Waals surface area contributed by atoms with E-state index in [4.69, 9.17) is 4.74 Å². The van der Waals surface area contributed by atoms with Crippen LogP contribution in [-0.4, -0.2) is 32.6 Å². The number of rotatable bonds is 1. The number of methoxy groups -OCH3 is 1. The molecule has 0 bridgehead atoms. The Labute approximate surface area is 98.9 Å². The molecule has 0 aliphatic carbocycles. The number of benzene rings is 1. The van der Waals surface area contributed by atoms with Gasteiger partial charge in [0.05, 0.1) is 31.4 Å². The number of carbonyl (C=O) groups is 2. The fraction of sp³-hybridized carbons (Fsp3) is 0.333. The highest BCUT2D eigenvalue weighted by atomic mass is 16.5. The predicted molar refractivity (Wildman–Crippen MR) is 61.3 cm³/mol. The van der Waals surface area contributed by atoms with Gasteiger partial charge >= 0.3 is 5.97 Å². The van der Waals surface area contributed by atoms with Crippen LogP contribution in [0, 0.1) is 0 Å². The summed E-state index contributed by atoms with van der Waals surface area (Å²) in [7, 11) is 2.98. The summed E-state index contributed by atoms with van der Waals surface area (Å²) in [6, 6.07) is 4.90. The molecule has 0 saturated carbocycles. The summed E-state index contributed by atoms with van der Waals surface area (Å²) < 4.78 is 10.1.